The van der Waals surface area contributed by atoms with Gasteiger partial charge in [-0.05, 0) is 50.2 Å². The van der Waals surface area contributed by atoms with E-state index in [1.807, 2.05) is 6.07 Å². The van der Waals surface area contributed by atoms with E-state index in [1.54, 1.807) is 49.4 Å². The Balaban J connectivity index is 2.00. The van der Waals surface area contributed by atoms with E-state index in [2.05, 4.69) is 15.2 Å². The number of rotatable bonds is 4. The first-order valence-electron chi connectivity index (χ1n) is 8.30. The van der Waals surface area contributed by atoms with E-state index in [4.69, 9.17) is 0 Å². The van der Waals surface area contributed by atoms with Crippen molar-refractivity contribution >= 4 is 22.4 Å². The minimum Gasteiger partial charge on any atom is -0.510 e. The number of fused-ring (bicyclic) bond motifs is 1. The standard InChI is InChI=1S/C20H18N4O3/c1-12(25)19(13(2)26)23-22-15-8-10-16(11-9-15)24-14(3)21-18-7-5-4-6-17(18)20(24)27/h4-11,25H,1-3H3/b19-12-,23-22?. The van der Waals surface area contributed by atoms with E-state index in [-0.39, 0.29) is 22.8 Å². The Morgan fingerprint density at radius 2 is 1.74 bits per heavy atom. The molecule has 7 heteroatoms. The molecular formula is C20H18N4O3. The van der Waals surface area contributed by atoms with Crippen molar-refractivity contribution in [1.82, 2.24) is 9.55 Å². The summed E-state index contributed by atoms with van der Waals surface area (Å²) in [6.07, 6.45) is 0. The minimum absolute atomic E-state index is 0.0927. The fourth-order valence-corrected chi connectivity index (χ4v) is 2.72. The first-order chi connectivity index (χ1) is 12.9. The molecule has 0 atom stereocenters. The fraction of sp³-hybridized carbons (Fsp3) is 0.150. The Kier molecular flexibility index (Phi) is 4.94. The van der Waals surface area contributed by atoms with Gasteiger partial charge in [-0.1, -0.05) is 12.1 Å². The van der Waals surface area contributed by atoms with E-state index in [0.717, 1.165) is 0 Å². The molecule has 0 saturated carbocycles. The van der Waals surface area contributed by atoms with Crippen LogP contribution in [0.1, 0.15) is 19.7 Å². The first-order valence-corrected chi connectivity index (χ1v) is 8.30. The van der Waals surface area contributed by atoms with Crippen LogP contribution in [0.5, 0.6) is 0 Å². The number of nitrogens with zero attached hydrogens (tertiary/aromatic N) is 4. The third-order valence-electron chi connectivity index (χ3n) is 3.99. The first kappa shape index (κ1) is 18.2. The third kappa shape index (κ3) is 3.67. The van der Waals surface area contributed by atoms with Crippen LogP contribution in [0.25, 0.3) is 16.6 Å². The molecule has 3 aromatic rings. The summed E-state index contributed by atoms with van der Waals surface area (Å²) in [5.41, 5.74) is 1.55. The summed E-state index contributed by atoms with van der Waals surface area (Å²) in [6.45, 7) is 4.45. The van der Waals surface area contributed by atoms with Crippen LogP contribution in [0, 0.1) is 6.92 Å². The molecule has 0 saturated heterocycles. The van der Waals surface area contributed by atoms with E-state index >= 15 is 0 Å². The number of hydrogen-bond acceptors (Lipinski definition) is 6. The second-order valence-corrected chi connectivity index (χ2v) is 6.02. The molecule has 2 aromatic carbocycles. The fourth-order valence-electron chi connectivity index (χ4n) is 2.72. The average Bonchev–Trinajstić information content (AvgIpc) is 2.62. The smallest absolute Gasteiger partial charge is 0.265 e. The number of aliphatic hydroxyl groups excluding tert-OH is 1. The van der Waals surface area contributed by atoms with Crippen molar-refractivity contribution in [1.29, 1.82) is 0 Å². The molecule has 136 valence electrons. The second kappa shape index (κ2) is 7.33. The maximum absolute atomic E-state index is 12.8. The summed E-state index contributed by atoms with van der Waals surface area (Å²) in [6, 6.07) is 14.0. The molecule has 0 aliphatic rings. The molecule has 1 heterocycles. The number of aromatic nitrogens is 2. The van der Waals surface area contributed by atoms with E-state index in [1.165, 1.54) is 18.4 Å². The lowest BCUT2D eigenvalue weighted by Crippen LogP contribution is -2.22. The summed E-state index contributed by atoms with van der Waals surface area (Å²) in [5.74, 6) is 0.0119. The number of allylic oxidation sites excluding steroid dienone is 2. The van der Waals surface area contributed by atoms with Gasteiger partial charge in [0.1, 0.15) is 11.6 Å². The van der Waals surface area contributed by atoms with Gasteiger partial charge in [-0.2, -0.15) is 5.11 Å². The maximum atomic E-state index is 12.8. The molecule has 7 nitrogen and oxygen atoms in total. The zero-order valence-electron chi connectivity index (χ0n) is 15.2. The molecule has 3 rings (SSSR count). The van der Waals surface area contributed by atoms with Crippen molar-refractivity contribution in [2.45, 2.75) is 20.8 Å². The van der Waals surface area contributed by atoms with Gasteiger partial charge in [0.15, 0.2) is 11.5 Å². The molecular weight excluding hydrogens is 344 g/mol. The SMILES string of the molecule is CC(=O)/C(N=Nc1ccc(-n2c(C)nc3ccccc3c2=O)cc1)=C(\C)O. The van der Waals surface area contributed by atoms with Crippen LogP contribution in [-0.2, 0) is 4.79 Å². The molecule has 0 fully saturated rings. The van der Waals surface area contributed by atoms with Gasteiger partial charge in [0, 0.05) is 6.92 Å². The Hall–Kier alpha value is -3.61. The van der Waals surface area contributed by atoms with Gasteiger partial charge in [0.05, 0.1) is 22.3 Å². The van der Waals surface area contributed by atoms with Gasteiger partial charge in [-0.15, -0.1) is 5.11 Å². The van der Waals surface area contributed by atoms with Crippen molar-refractivity contribution < 1.29 is 9.90 Å². The number of carbonyl (C=O) groups is 1. The van der Waals surface area contributed by atoms with Crippen molar-refractivity contribution in [3.8, 4) is 5.69 Å². The lowest BCUT2D eigenvalue weighted by atomic mass is 10.2. The number of carbonyl (C=O) groups excluding carboxylic acids is 1. The Labute approximate surface area is 155 Å². The highest BCUT2D eigenvalue weighted by atomic mass is 16.3. The largest absolute Gasteiger partial charge is 0.510 e. The van der Waals surface area contributed by atoms with Crippen LogP contribution in [0.3, 0.4) is 0 Å². The molecule has 0 bridgehead atoms. The number of ketones is 1. The van der Waals surface area contributed by atoms with E-state index < -0.39 is 0 Å². The molecule has 1 N–H and O–H groups in total. The zero-order chi connectivity index (χ0) is 19.6. The van der Waals surface area contributed by atoms with Crippen LogP contribution in [-0.4, -0.2) is 20.4 Å². The Bertz CT molecular complexity index is 1140. The summed E-state index contributed by atoms with van der Waals surface area (Å²) in [4.78, 5) is 28.7. The zero-order valence-corrected chi connectivity index (χ0v) is 15.2. The van der Waals surface area contributed by atoms with Gasteiger partial charge < -0.3 is 5.11 Å². The third-order valence-corrected chi connectivity index (χ3v) is 3.99. The van der Waals surface area contributed by atoms with Crippen LogP contribution < -0.4 is 5.56 Å². The number of Topliss-reactive ketones (excluding diaryl/α,β-unsaturated/α-hetero) is 1. The van der Waals surface area contributed by atoms with Gasteiger partial charge in [-0.3, -0.25) is 14.2 Å². The molecule has 0 aliphatic heterocycles. The van der Waals surface area contributed by atoms with Crippen LogP contribution in [0.2, 0.25) is 0 Å². The molecule has 0 aliphatic carbocycles. The topological polar surface area (TPSA) is 96.9 Å². The summed E-state index contributed by atoms with van der Waals surface area (Å²) >= 11 is 0. The highest BCUT2D eigenvalue weighted by Crippen LogP contribution is 2.19. The van der Waals surface area contributed by atoms with Gasteiger partial charge in [0.25, 0.3) is 5.56 Å². The predicted octanol–water partition coefficient (Wildman–Crippen LogP) is 4.16. The number of para-hydroxylation sites is 1. The van der Waals surface area contributed by atoms with Gasteiger partial charge in [-0.25, -0.2) is 4.98 Å². The normalized spacial score (nSPS) is 12.4. The highest BCUT2D eigenvalue weighted by Gasteiger charge is 2.10. The summed E-state index contributed by atoms with van der Waals surface area (Å²) in [7, 11) is 0. The molecule has 0 radical (unpaired) electrons. The number of azo groups is 1. The van der Waals surface area contributed by atoms with Gasteiger partial charge >= 0.3 is 0 Å². The van der Waals surface area contributed by atoms with Crippen molar-refractivity contribution in [3.05, 3.63) is 76.2 Å². The van der Waals surface area contributed by atoms with Crippen LogP contribution in [0.15, 0.2) is 75.0 Å². The van der Waals surface area contributed by atoms with E-state index in [9.17, 15) is 14.7 Å². The molecule has 1 aromatic heterocycles. The van der Waals surface area contributed by atoms with Crippen LogP contribution >= 0.6 is 0 Å². The number of aliphatic hydroxyl groups is 1. The molecule has 0 amide bonds. The van der Waals surface area contributed by atoms with E-state index in [0.29, 0.717) is 28.1 Å². The predicted molar refractivity (Wildman–Crippen MR) is 103 cm³/mol. The molecule has 0 unspecified atom stereocenters. The van der Waals surface area contributed by atoms with Gasteiger partial charge in [0.2, 0.25) is 0 Å². The lowest BCUT2D eigenvalue weighted by Gasteiger charge is -2.10. The Morgan fingerprint density at radius 1 is 1.07 bits per heavy atom. The number of benzene rings is 2. The van der Waals surface area contributed by atoms with Crippen molar-refractivity contribution in [2.24, 2.45) is 10.2 Å². The monoisotopic (exact) mass is 362 g/mol. The molecule has 0 spiro atoms. The Morgan fingerprint density at radius 3 is 2.37 bits per heavy atom. The number of hydrogen-bond donors (Lipinski definition) is 1. The summed E-state index contributed by atoms with van der Waals surface area (Å²) in [5, 5.41) is 17.8. The average molecular weight is 362 g/mol. The van der Waals surface area contributed by atoms with Crippen molar-refractivity contribution in [2.75, 3.05) is 0 Å². The van der Waals surface area contributed by atoms with Crippen molar-refractivity contribution in [3.63, 3.8) is 0 Å². The minimum atomic E-state index is -0.375. The lowest BCUT2D eigenvalue weighted by molar-refractivity contribution is -0.113. The second-order valence-electron chi connectivity index (χ2n) is 6.02. The highest BCUT2D eigenvalue weighted by molar-refractivity contribution is 5.93. The molecule has 27 heavy (non-hydrogen) atoms. The van der Waals surface area contributed by atoms with Crippen LogP contribution in [0.4, 0.5) is 5.69 Å². The maximum Gasteiger partial charge on any atom is 0.265 e. The summed E-state index contributed by atoms with van der Waals surface area (Å²) < 4.78 is 1.53. The quantitative estimate of drug-likeness (QED) is 0.428. The number of aryl methyl sites for hydroxylation is 1.